The minimum atomic E-state index is 0.0147. The van der Waals surface area contributed by atoms with Crippen LogP contribution in [0, 0.1) is 0 Å². The quantitative estimate of drug-likeness (QED) is 0.753. The number of rotatable bonds is 1. The first-order valence-electron chi connectivity index (χ1n) is 5.52. The molecule has 0 atom stereocenters. The molecule has 2 aromatic heterocycles. The van der Waals surface area contributed by atoms with Crippen LogP contribution in [0.4, 0.5) is 0 Å². The SMILES string of the molecule is O=C(c1ccc2nccn2n1)N1CCSCC1. The molecular weight excluding hydrogens is 236 g/mol. The molecule has 1 fully saturated rings. The van der Waals surface area contributed by atoms with E-state index in [4.69, 9.17) is 0 Å². The van der Waals surface area contributed by atoms with Gasteiger partial charge in [-0.15, -0.1) is 0 Å². The first kappa shape index (κ1) is 10.6. The fraction of sp³-hybridized carbons (Fsp3) is 0.364. The number of imidazole rings is 1. The van der Waals surface area contributed by atoms with Crippen molar-refractivity contribution in [3.63, 3.8) is 0 Å². The first-order chi connectivity index (χ1) is 8.34. The second kappa shape index (κ2) is 4.37. The third-order valence-corrected chi connectivity index (χ3v) is 3.72. The minimum absolute atomic E-state index is 0.0147. The topological polar surface area (TPSA) is 50.5 Å². The van der Waals surface area contributed by atoms with Gasteiger partial charge in [-0.2, -0.15) is 16.9 Å². The van der Waals surface area contributed by atoms with E-state index in [1.807, 2.05) is 22.7 Å². The molecule has 5 nitrogen and oxygen atoms in total. The number of aromatic nitrogens is 3. The molecule has 0 bridgehead atoms. The maximum Gasteiger partial charge on any atom is 0.274 e. The number of hydrogen-bond acceptors (Lipinski definition) is 4. The second-order valence-electron chi connectivity index (χ2n) is 3.85. The molecule has 1 amide bonds. The average molecular weight is 248 g/mol. The summed E-state index contributed by atoms with van der Waals surface area (Å²) in [6, 6.07) is 3.56. The Labute approximate surface area is 103 Å². The predicted octanol–water partition coefficient (Wildman–Crippen LogP) is 0.918. The van der Waals surface area contributed by atoms with Gasteiger partial charge >= 0.3 is 0 Å². The van der Waals surface area contributed by atoms with Crippen LogP contribution in [0.2, 0.25) is 0 Å². The number of nitrogens with zero attached hydrogens (tertiary/aromatic N) is 4. The van der Waals surface area contributed by atoms with Crippen LogP contribution in [0.5, 0.6) is 0 Å². The summed E-state index contributed by atoms with van der Waals surface area (Å²) >= 11 is 1.89. The summed E-state index contributed by atoms with van der Waals surface area (Å²) in [5.74, 6) is 2.04. The maximum absolute atomic E-state index is 12.2. The molecule has 0 radical (unpaired) electrons. The standard InChI is InChI=1S/C11H12N4OS/c16-11(14-5-7-17-8-6-14)9-1-2-10-12-3-4-15(10)13-9/h1-4H,5-8H2. The molecule has 2 aromatic rings. The van der Waals surface area contributed by atoms with Crippen LogP contribution >= 0.6 is 11.8 Å². The molecule has 88 valence electrons. The molecule has 1 saturated heterocycles. The van der Waals surface area contributed by atoms with Crippen LogP contribution in [0.3, 0.4) is 0 Å². The third-order valence-electron chi connectivity index (χ3n) is 2.77. The van der Waals surface area contributed by atoms with Crippen LogP contribution in [0.1, 0.15) is 10.5 Å². The predicted molar refractivity (Wildman–Crippen MR) is 66.2 cm³/mol. The van der Waals surface area contributed by atoms with E-state index in [1.165, 1.54) is 0 Å². The highest BCUT2D eigenvalue weighted by atomic mass is 32.2. The molecule has 0 spiro atoms. The summed E-state index contributed by atoms with van der Waals surface area (Å²) in [6.45, 7) is 1.63. The highest BCUT2D eigenvalue weighted by Gasteiger charge is 2.19. The van der Waals surface area contributed by atoms with E-state index in [-0.39, 0.29) is 5.91 Å². The van der Waals surface area contributed by atoms with E-state index in [0.29, 0.717) is 5.69 Å². The Morgan fingerprint density at radius 1 is 1.29 bits per heavy atom. The lowest BCUT2D eigenvalue weighted by molar-refractivity contribution is 0.0765. The molecule has 0 unspecified atom stereocenters. The van der Waals surface area contributed by atoms with E-state index >= 15 is 0 Å². The molecule has 3 heterocycles. The molecule has 17 heavy (non-hydrogen) atoms. The summed E-state index contributed by atoms with van der Waals surface area (Å²) in [5.41, 5.74) is 1.25. The van der Waals surface area contributed by atoms with E-state index in [9.17, 15) is 4.79 Å². The van der Waals surface area contributed by atoms with Gasteiger partial charge in [0.1, 0.15) is 5.69 Å². The number of carbonyl (C=O) groups excluding carboxylic acids is 1. The molecule has 1 aliphatic heterocycles. The summed E-state index contributed by atoms with van der Waals surface area (Å²) < 4.78 is 1.63. The molecule has 0 N–H and O–H groups in total. The Balaban J connectivity index is 1.88. The smallest absolute Gasteiger partial charge is 0.274 e. The Bertz CT molecular complexity index is 547. The van der Waals surface area contributed by atoms with Gasteiger partial charge in [0.25, 0.3) is 5.91 Å². The first-order valence-corrected chi connectivity index (χ1v) is 6.67. The zero-order chi connectivity index (χ0) is 11.7. The van der Waals surface area contributed by atoms with Gasteiger partial charge in [0.15, 0.2) is 5.65 Å². The maximum atomic E-state index is 12.2. The van der Waals surface area contributed by atoms with Crippen molar-refractivity contribution < 1.29 is 4.79 Å². The van der Waals surface area contributed by atoms with Gasteiger partial charge in [-0.25, -0.2) is 9.50 Å². The second-order valence-corrected chi connectivity index (χ2v) is 5.08. The van der Waals surface area contributed by atoms with Gasteiger partial charge in [0, 0.05) is 37.0 Å². The van der Waals surface area contributed by atoms with Crippen molar-refractivity contribution in [1.82, 2.24) is 19.5 Å². The Kier molecular flexibility index (Phi) is 2.72. The van der Waals surface area contributed by atoms with Crippen molar-refractivity contribution in [1.29, 1.82) is 0 Å². The van der Waals surface area contributed by atoms with Gasteiger partial charge in [-0.3, -0.25) is 4.79 Å². The third kappa shape index (κ3) is 2.00. The van der Waals surface area contributed by atoms with Crippen LogP contribution in [-0.2, 0) is 0 Å². The fourth-order valence-electron chi connectivity index (χ4n) is 1.86. The molecule has 0 saturated carbocycles. The number of fused-ring (bicyclic) bond motifs is 1. The monoisotopic (exact) mass is 248 g/mol. The summed E-state index contributed by atoms with van der Waals surface area (Å²) in [6.07, 6.45) is 3.42. The van der Waals surface area contributed by atoms with Crippen molar-refractivity contribution in [2.75, 3.05) is 24.6 Å². The summed E-state index contributed by atoms with van der Waals surface area (Å²) in [5, 5.41) is 4.27. The van der Waals surface area contributed by atoms with Gasteiger partial charge in [-0.1, -0.05) is 0 Å². The van der Waals surface area contributed by atoms with Gasteiger partial charge in [0.2, 0.25) is 0 Å². The van der Waals surface area contributed by atoms with E-state index in [1.54, 1.807) is 23.0 Å². The summed E-state index contributed by atoms with van der Waals surface area (Å²) in [4.78, 5) is 18.2. The Morgan fingerprint density at radius 3 is 2.94 bits per heavy atom. The molecule has 6 heteroatoms. The Morgan fingerprint density at radius 2 is 2.12 bits per heavy atom. The highest BCUT2D eigenvalue weighted by Crippen LogP contribution is 2.12. The lowest BCUT2D eigenvalue weighted by atomic mass is 10.3. The molecule has 3 rings (SSSR count). The lowest BCUT2D eigenvalue weighted by Gasteiger charge is -2.25. The van der Waals surface area contributed by atoms with E-state index in [0.717, 1.165) is 30.2 Å². The van der Waals surface area contributed by atoms with Crippen LogP contribution in [-0.4, -0.2) is 50.0 Å². The van der Waals surface area contributed by atoms with Gasteiger partial charge < -0.3 is 4.90 Å². The van der Waals surface area contributed by atoms with Crippen molar-refractivity contribution in [2.24, 2.45) is 0 Å². The van der Waals surface area contributed by atoms with Crippen LogP contribution in [0.15, 0.2) is 24.5 Å². The average Bonchev–Trinajstić information content (AvgIpc) is 2.86. The van der Waals surface area contributed by atoms with Crippen LogP contribution in [0.25, 0.3) is 5.65 Å². The Hall–Kier alpha value is -1.56. The number of amides is 1. The number of thioether (sulfide) groups is 1. The minimum Gasteiger partial charge on any atom is -0.336 e. The lowest BCUT2D eigenvalue weighted by Crippen LogP contribution is -2.38. The van der Waals surface area contributed by atoms with Crippen molar-refractivity contribution >= 4 is 23.3 Å². The van der Waals surface area contributed by atoms with E-state index in [2.05, 4.69) is 10.1 Å². The molecule has 0 aliphatic carbocycles. The largest absolute Gasteiger partial charge is 0.336 e. The molecular formula is C11H12N4OS. The molecule has 0 aromatic carbocycles. The van der Waals surface area contributed by atoms with Gasteiger partial charge in [-0.05, 0) is 12.1 Å². The zero-order valence-corrected chi connectivity index (χ0v) is 10.1. The zero-order valence-electron chi connectivity index (χ0n) is 9.24. The van der Waals surface area contributed by atoms with Crippen LogP contribution < -0.4 is 0 Å². The van der Waals surface area contributed by atoms with Gasteiger partial charge in [0.05, 0.1) is 0 Å². The van der Waals surface area contributed by atoms with E-state index < -0.39 is 0 Å². The molecule has 1 aliphatic rings. The number of hydrogen-bond donors (Lipinski definition) is 0. The summed E-state index contributed by atoms with van der Waals surface area (Å²) in [7, 11) is 0. The highest BCUT2D eigenvalue weighted by molar-refractivity contribution is 7.99. The normalized spacial score (nSPS) is 16.4. The van der Waals surface area contributed by atoms with Crippen molar-refractivity contribution in [3.05, 3.63) is 30.2 Å². The fourth-order valence-corrected chi connectivity index (χ4v) is 2.76. The van der Waals surface area contributed by atoms with Crippen molar-refractivity contribution in [2.45, 2.75) is 0 Å². The number of carbonyl (C=O) groups is 1. The van der Waals surface area contributed by atoms with Crippen molar-refractivity contribution in [3.8, 4) is 0 Å².